The zero-order valence-corrected chi connectivity index (χ0v) is 12.8. The van der Waals surface area contributed by atoms with E-state index >= 15 is 0 Å². The van der Waals surface area contributed by atoms with Gasteiger partial charge in [0, 0.05) is 17.7 Å². The standard InChI is InChI=1S/C17H17NO4/c1-10(19)14-15-17(22-9-8-18(15)11(2)20)13-7-5-4-6-12(13)16(14)21-3/h4-7H,8-9H2,1-3H3. The molecule has 1 aliphatic rings. The molecule has 22 heavy (non-hydrogen) atoms. The Balaban J connectivity index is 2.49. The van der Waals surface area contributed by atoms with Gasteiger partial charge in [-0.3, -0.25) is 9.59 Å². The predicted octanol–water partition coefficient (Wildman–Crippen LogP) is 2.80. The number of nitrogens with zero attached hydrogens (tertiary/aromatic N) is 1. The summed E-state index contributed by atoms with van der Waals surface area (Å²) in [4.78, 5) is 25.8. The Labute approximate surface area is 128 Å². The number of carbonyl (C=O) groups excluding carboxylic acids is 2. The molecule has 2 aromatic rings. The molecule has 3 rings (SSSR count). The van der Waals surface area contributed by atoms with Crippen LogP contribution in [0.25, 0.3) is 10.8 Å². The second kappa shape index (κ2) is 5.33. The Bertz CT molecular complexity index is 782. The third kappa shape index (κ3) is 2.01. The van der Waals surface area contributed by atoms with Gasteiger partial charge in [0.2, 0.25) is 5.91 Å². The van der Waals surface area contributed by atoms with Crippen molar-refractivity contribution in [2.45, 2.75) is 13.8 Å². The number of hydrogen-bond acceptors (Lipinski definition) is 4. The molecular formula is C17H17NO4. The molecule has 0 aliphatic carbocycles. The van der Waals surface area contributed by atoms with Crippen molar-refractivity contribution in [2.24, 2.45) is 0 Å². The fraction of sp³-hybridized carbons (Fsp3) is 0.294. The maximum absolute atomic E-state index is 12.2. The Morgan fingerprint density at radius 3 is 2.45 bits per heavy atom. The highest BCUT2D eigenvalue weighted by atomic mass is 16.5. The first-order chi connectivity index (χ1) is 10.6. The van der Waals surface area contributed by atoms with Gasteiger partial charge in [-0.25, -0.2) is 0 Å². The van der Waals surface area contributed by atoms with Crippen molar-refractivity contribution in [2.75, 3.05) is 25.2 Å². The molecule has 0 fully saturated rings. The van der Waals surface area contributed by atoms with Crippen LogP contribution in [0.1, 0.15) is 24.2 Å². The number of rotatable bonds is 2. The smallest absolute Gasteiger partial charge is 0.224 e. The van der Waals surface area contributed by atoms with Crippen LogP contribution >= 0.6 is 0 Å². The first kappa shape index (κ1) is 14.4. The zero-order valence-electron chi connectivity index (χ0n) is 12.8. The Hall–Kier alpha value is -2.56. The number of methoxy groups -OCH3 is 1. The second-order valence-electron chi connectivity index (χ2n) is 5.21. The SMILES string of the molecule is COc1c(C(C)=O)c2c(c3ccccc13)OCCN2C(C)=O. The Kier molecular flexibility index (Phi) is 3.48. The number of Topliss-reactive ketones (excluding diaryl/α,β-unsaturated/α-hetero) is 1. The van der Waals surface area contributed by atoms with Gasteiger partial charge in [0.25, 0.3) is 0 Å². The highest BCUT2D eigenvalue weighted by Gasteiger charge is 2.31. The van der Waals surface area contributed by atoms with Crippen LogP contribution in [0, 0.1) is 0 Å². The predicted molar refractivity (Wildman–Crippen MR) is 84.0 cm³/mol. The average molecular weight is 299 g/mol. The number of anilines is 1. The summed E-state index contributed by atoms with van der Waals surface area (Å²) in [5.41, 5.74) is 0.910. The van der Waals surface area contributed by atoms with Crippen LogP contribution < -0.4 is 14.4 Å². The lowest BCUT2D eigenvalue weighted by Crippen LogP contribution is -2.37. The number of amides is 1. The molecule has 0 saturated carbocycles. The van der Waals surface area contributed by atoms with Crippen LogP contribution in [0.5, 0.6) is 11.5 Å². The van der Waals surface area contributed by atoms with Crippen molar-refractivity contribution in [3.8, 4) is 11.5 Å². The molecule has 1 amide bonds. The molecule has 0 bridgehead atoms. The second-order valence-corrected chi connectivity index (χ2v) is 5.21. The number of ether oxygens (including phenoxy) is 2. The van der Waals surface area contributed by atoms with Gasteiger partial charge in [-0.05, 0) is 6.92 Å². The van der Waals surface area contributed by atoms with Crippen LogP contribution in [0.3, 0.4) is 0 Å². The molecule has 0 N–H and O–H groups in total. The normalized spacial score (nSPS) is 13.5. The Morgan fingerprint density at radius 1 is 1.18 bits per heavy atom. The van der Waals surface area contributed by atoms with Crippen molar-refractivity contribution in [3.05, 3.63) is 29.8 Å². The van der Waals surface area contributed by atoms with E-state index in [0.717, 1.165) is 10.8 Å². The molecule has 2 aromatic carbocycles. The lowest BCUT2D eigenvalue weighted by atomic mass is 9.97. The topological polar surface area (TPSA) is 55.8 Å². The average Bonchev–Trinajstić information content (AvgIpc) is 2.52. The first-order valence-corrected chi connectivity index (χ1v) is 7.10. The lowest BCUT2D eigenvalue weighted by Gasteiger charge is -2.32. The highest BCUT2D eigenvalue weighted by Crippen LogP contribution is 2.47. The summed E-state index contributed by atoms with van der Waals surface area (Å²) in [7, 11) is 1.53. The number of ketones is 1. The van der Waals surface area contributed by atoms with Crippen LogP contribution in [0.4, 0.5) is 5.69 Å². The fourth-order valence-electron chi connectivity index (χ4n) is 2.97. The maximum atomic E-state index is 12.2. The van der Waals surface area contributed by atoms with E-state index in [-0.39, 0.29) is 11.7 Å². The number of hydrogen-bond donors (Lipinski definition) is 0. The zero-order chi connectivity index (χ0) is 15.9. The molecule has 5 nitrogen and oxygen atoms in total. The molecule has 0 atom stereocenters. The van der Waals surface area contributed by atoms with E-state index in [1.165, 1.54) is 21.0 Å². The molecule has 114 valence electrons. The van der Waals surface area contributed by atoms with Gasteiger partial charge in [-0.15, -0.1) is 0 Å². The van der Waals surface area contributed by atoms with Crippen molar-refractivity contribution in [1.29, 1.82) is 0 Å². The van der Waals surface area contributed by atoms with Crippen molar-refractivity contribution >= 4 is 28.2 Å². The first-order valence-electron chi connectivity index (χ1n) is 7.10. The molecule has 5 heteroatoms. The van der Waals surface area contributed by atoms with Crippen LogP contribution in [0.15, 0.2) is 24.3 Å². The summed E-state index contributed by atoms with van der Waals surface area (Å²) >= 11 is 0. The van der Waals surface area contributed by atoms with Gasteiger partial charge < -0.3 is 14.4 Å². The molecule has 0 spiro atoms. The van der Waals surface area contributed by atoms with Crippen molar-refractivity contribution < 1.29 is 19.1 Å². The van der Waals surface area contributed by atoms with Gasteiger partial charge >= 0.3 is 0 Å². The van der Waals surface area contributed by atoms with Crippen LogP contribution in [0.2, 0.25) is 0 Å². The number of carbonyl (C=O) groups is 2. The molecule has 0 radical (unpaired) electrons. The summed E-state index contributed by atoms with van der Waals surface area (Å²) < 4.78 is 11.3. The van der Waals surface area contributed by atoms with Crippen molar-refractivity contribution in [3.63, 3.8) is 0 Å². The number of fused-ring (bicyclic) bond motifs is 3. The molecule has 1 aliphatic heterocycles. The number of benzene rings is 2. The molecule has 0 aromatic heterocycles. The minimum Gasteiger partial charge on any atom is -0.495 e. The quantitative estimate of drug-likeness (QED) is 0.800. The maximum Gasteiger partial charge on any atom is 0.224 e. The largest absolute Gasteiger partial charge is 0.495 e. The third-order valence-corrected chi connectivity index (χ3v) is 3.86. The summed E-state index contributed by atoms with van der Waals surface area (Å²) in [5, 5.41) is 1.64. The van der Waals surface area contributed by atoms with Gasteiger partial charge in [-0.1, -0.05) is 24.3 Å². The van der Waals surface area contributed by atoms with E-state index in [4.69, 9.17) is 9.47 Å². The lowest BCUT2D eigenvalue weighted by molar-refractivity contribution is -0.116. The van der Waals surface area contributed by atoms with E-state index in [1.54, 1.807) is 4.90 Å². The minimum absolute atomic E-state index is 0.121. The molecule has 1 heterocycles. The summed E-state index contributed by atoms with van der Waals surface area (Å²) in [6, 6.07) is 7.57. The van der Waals surface area contributed by atoms with Crippen LogP contribution in [-0.4, -0.2) is 32.0 Å². The van der Waals surface area contributed by atoms with E-state index < -0.39 is 0 Å². The molecular weight excluding hydrogens is 282 g/mol. The monoisotopic (exact) mass is 299 g/mol. The van der Waals surface area contributed by atoms with Gasteiger partial charge in [0.1, 0.15) is 18.0 Å². The van der Waals surface area contributed by atoms with E-state index in [2.05, 4.69) is 0 Å². The highest BCUT2D eigenvalue weighted by molar-refractivity contribution is 6.15. The van der Waals surface area contributed by atoms with Gasteiger partial charge in [-0.2, -0.15) is 0 Å². The van der Waals surface area contributed by atoms with Crippen LogP contribution in [-0.2, 0) is 4.79 Å². The Morgan fingerprint density at radius 2 is 1.86 bits per heavy atom. The van der Waals surface area contributed by atoms with E-state index in [0.29, 0.717) is 35.9 Å². The van der Waals surface area contributed by atoms with Gasteiger partial charge in [0.15, 0.2) is 11.5 Å². The van der Waals surface area contributed by atoms with E-state index in [9.17, 15) is 9.59 Å². The fourth-order valence-corrected chi connectivity index (χ4v) is 2.97. The third-order valence-electron chi connectivity index (χ3n) is 3.86. The van der Waals surface area contributed by atoms with Gasteiger partial charge in [0.05, 0.1) is 19.2 Å². The van der Waals surface area contributed by atoms with E-state index in [1.807, 2.05) is 24.3 Å². The minimum atomic E-state index is -0.157. The summed E-state index contributed by atoms with van der Waals surface area (Å²) in [6.45, 7) is 3.78. The molecule has 0 unspecified atom stereocenters. The summed E-state index contributed by atoms with van der Waals surface area (Å²) in [6.07, 6.45) is 0. The summed E-state index contributed by atoms with van der Waals surface area (Å²) in [5.74, 6) is 0.779. The molecule has 0 saturated heterocycles. The van der Waals surface area contributed by atoms with Crippen molar-refractivity contribution in [1.82, 2.24) is 0 Å².